The van der Waals surface area contributed by atoms with Crippen LogP contribution in [0.5, 0.6) is 17.2 Å². The quantitative estimate of drug-likeness (QED) is 0.337. The molecule has 1 aliphatic heterocycles. The highest BCUT2D eigenvalue weighted by atomic mass is 32.1. The minimum absolute atomic E-state index is 0.0926. The number of fused-ring (bicyclic) bond motifs is 1. The second kappa shape index (κ2) is 10.2. The van der Waals surface area contributed by atoms with Crippen molar-refractivity contribution >= 4 is 11.3 Å². The van der Waals surface area contributed by atoms with Gasteiger partial charge in [-0.15, -0.1) is 16.4 Å². The molecule has 0 spiro atoms. The summed E-state index contributed by atoms with van der Waals surface area (Å²) in [6.07, 6.45) is 4.92. The van der Waals surface area contributed by atoms with E-state index >= 15 is 0 Å². The molecule has 5 rings (SSSR count). The molecule has 0 fully saturated rings. The summed E-state index contributed by atoms with van der Waals surface area (Å²) >= 11 is 1.46. The van der Waals surface area contributed by atoms with Crippen LogP contribution < -0.4 is 14.2 Å². The van der Waals surface area contributed by atoms with Gasteiger partial charge in [-0.3, -0.25) is 0 Å². The summed E-state index contributed by atoms with van der Waals surface area (Å²) in [5, 5.41) is 7.23. The molecule has 0 saturated heterocycles. The van der Waals surface area contributed by atoms with Crippen molar-refractivity contribution in [2.24, 2.45) is 0 Å². The molecule has 7 nitrogen and oxygen atoms in total. The zero-order valence-electron chi connectivity index (χ0n) is 18.2. The number of thiazole rings is 1. The lowest BCUT2D eigenvalue weighted by Crippen LogP contribution is -2.05. The van der Waals surface area contributed by atoms with Crippen LogP contribution in [0.3, 0.4) is 0 Å². The molecule has 0 amide bonds. The van der Waals surface area contributed by atoms with Crippen LogP contribution in [0.15, 0.2) is 54.0 Å². The van der Waals surface area contributed by atoms with E-state index in [1.807, 2.05) is 17.5 Å². The molecule has 0 N–H and O–H groups in total. The second-order valence-electron chi connectivity index (χ2n) is 7.66. The van der Waals surface area contributed by atoms with Gasteiger partial charge < -0.3 is 14.2 Å². The average Bonchev–Trinajstić information content (AvgIpc) is 3.45. The standard InChI is InChI=1S/C24H22F2N4O3S/c25-24(26)33-18-8-6-17(7-9-18)30-21(28-22(29-30)23-27-11-14-34-23)4-1-3-16-5-10-19-20(15-16)32-13-2-12-31-19/h5-11,14-15,24H,1-4,12-13H2. The van der Waals surface area contributed by atoms with Crippen LogP contribution in [0.2, 0.25) is 0 Å². The summed E-state index contributed by atoms with van der Waals surface area (Å²) in [6, 6.07) is 12.4. The van der Waals surface area contributed by atoms with Crippen LogP contribution in [0.1, 0.15) is 24.2 Å². The van der Waals surface area contributed by atoms with Crippen molar-refractivity contribution in [1.82, 2.24) is 19.7 Å². The number of hydrogen-bond donors (Lipinski definition) is 0. The molecule has 0 atom stereocenters. The van der Waals surface area contributed by atoms with Crippen molar-refractivity contribution < 1.29 is 23.0 Å². The Morgan fingerprint density at radius 2 is 1.85 bits per heavy atom. The van der Waals surface area contributed by atoms with Crippen LogP contribution in [0, 0.1) is 0 Å². The van der Waals surface area contributed by atoms with E-state index < -0.39 is 6.61 Å². The van der Waals surface area contributed by atoms with E-state index in [4.69, 9.17) is 14.5 Å². The third kappa shape index (κ3) is 5.17. The number of nitrogens with zero attached hydrogens (tertiary/aromatic N) is 4. The van der Waals surface area contributed by atoms with Crippen LogP contribution >= 0.6 is 11.3 Å². The van der Waals surface area contributed by atoms with Crippen molar-refractivity contribution in [3.8, 4) is 33.8 Å². The first-order valence-electron chi connectivity index (χ1n) is 11.0. The zero-order chi connectivity index (χ0) is 23.3. The monoisotopic (exact) mass is 484 g/mol. The van der Waals surface area contributed by atoms with Gasteiger partial charge >= 0.3 is 6.61 Å². The maximum Gasteiger partial charge on any atom is 0.387 e. The summed E-state index contributed by atoms with van der Waals surface area (Å²) in [4.78, 5) is 9.03. The van der Waals surface area contributed by atoms with E-state index in [2.05, 4.69) is 20.9 Å². The number of benzene rings is 2. The van der Waals surface area contributed by atoms with E-state index in [-0.39, 0.29) is 5.75 Å². The van der Waals surface area contributed by atoms with Gasteiger partial charge in [0.2, 0.25) is 5.82 Å². The first-order valence-corrected chi connectivity index (χ1v) is 11.8. The summed E-state index contributed by atoms with van der Waals surface area (Å²) < 4.78 is 42.7. The second-order valence-corrected chi connectivity index (χ2v) is 8.55. The summed E-state index contributed by atoms with van der Waals surface area (Å²) in [6.45, 7) is -1.55. The van der Waals surface area contributed by atoms with Gasteiger partial charge in [0, 0.05) is 24.4 Å². The Labute approximate surface area is 199 Å². The lowest BCUT2D eigenvalue weighted by molar-refractivity contribution is -0.0498. The molecule has 0 aliphatic carbocycles. The molecular weight excluding hydrogens is 462 g/mol. The molecule has 34 heavy (non-hydrogen) atoms. The number of ether oxygens (including phenoxy) is 3. The Bertz CT molecular complexity index is 1230. The molecule has 10 heteroatoms. The molecule has 0 saturated carbocycles. The smallest absolute Gasteiger partial charge is 0.387 e. The van der Waals surface area contributed by atoms with Crippen molar-refractivity contribution in [3.05, 3.63) is 65.4 Å². The third-order valence-corrected chi connectivity index (χ3v) is 6.05. The van der Waals surface area contributed by atoms with Crippen molar-refractivity contribution in [2.75, 3.05) is 13.2 Å². The number of aryl methyl sites for hydroxylation is 2. The predicted molar refractivity (Wildman–Crippen MR) is 123 cm³/mol. The fourth-order valence-electron chi connectivity index (χ4n) is 3.72. The molecule has 176 valence electrons. The predicted octanol–water partition coefficient (Wildman–Crippen LogP) is 5.33. The van der Waals surface area contributed by atoms with Gasteiger partial charge in [0.1, 0.15) is 11.6 Å². The Morgan fingerprint density at radius 3 is 2.62 bits per heavy atom. The van der Waals surface area contributed by atoms with Gasteiger partial charge in [0.15, 0.2) is 16.5 Å². The van der Waals surface area contributed by atoms with E-state index in [1.165, 1.54) is 23.5 Å². The molecule has 4 aromatic rings. The summed E-state index contributed by atoms with van der Waals surface area (Å²) in [5.74, 6) is 2.97. The van der Waals surface area contributed by atoms with E-state index in [0.29, 0.717) is 31.1 Å². The van der Waals surface area contributed by atoms with E-state index in [1.54, 1.807) is 23.0 Å². The Hall–Kier alpha value is -3.53. The summed E-state index contributed by atoms with van der Waals surface area (Å²) in [7, 11) is 0. The number of halogens is 2. The highest BCUT2D eigenvalue weighted by Crippen LogP contribution is 2.31. The minimum atomic E-state index is -2.87. The highest BCUT2D eigenvalue weighted by Gasteiger charge is 2.16. The lowest BCUT2D eigenvalue weighted by atomic mass is 10.1. The maximum absolute atomic E-state index is 12.5. The van der Waals surface area contributed by atoms with Gasteiger partial charge in [0.05, 0.1) is 18.9 Å². The van der Waals surface area contributed by atoms with Crippen LogP contribution in [0.25, 0.3) is 16.5 Å². The molecule has 0 unspecified atom stereocenters. The van der Waals surface area contributed by atoms with Gasteiger partial charge in [-0.1, -0.05) is 6.07 Å². The largest absolute Gasteiger partial charge is 0.490 e. The Balaban J connectivity index is 1.34. The van der Waals surface area contributed by atoms with Crippen molar-refractivity contribution in [3.63, 3.8) is 0 Å². The van der Waals surface area contributed by atoms with E-state index in [9.17, 15) is 8.78 Å². The maximum atomic E-state index is 12.5. The van der Waals surface area contributed by atoms with Crippen molar-refractivity contribution in [1.29, 1.82) is 0 Å². The lowest BCUT2D eigenvalue weighted by Gasteiger charge is -2.10. The fourth-order valence-corrected chi connectivity index (χ4v) is 4.28. The van der Waals surface area contributed by atoms with Gasteiger partial charge in [-0.05, 0) is 54.8 Å². The molecule has 0 bridgehead atoms. The van der Waals surface area contributed by atoms with Crippen LogP contribution in [-0.2, 0) is 12.8 Å². The molecule has 0 radical (unpaired) electrons. The molecule has 2 aromatic heterocycles. The zero-order valence-corrected chi connectivity index (χ0v) is 19.0. The number of rotatable bonds is 8. The van der Waals surface area contributed by atoms with Gasteiger partial charge in [0.25, 0.3) is 0 Å². The number of aromatic nitrogens is 4. The SMILES string of the molecule is FC(F)Oc1ccc(-n2nc(-c3nccs3)nc2CCCc2ccc3c(c2)OCCCO3)cc1. The van der Waals surface area contributed by atoms with Crippen LogP contribution in [0.4, 0.5) is 8.78 Å². The molecule has 1 aliphatic rings. The Morgan fingerprint density at radius 1 is 1.03 bits per heavy atom. The first kappa shape index (κ1) is 22.3. The highest BCUT2D eigenvalue weighted by molar-refractivity contribution is 7.12. The topological polar surface area (TPSA) is 71.3 Å². The van der Waals surface area contributed by atoms with E-state index in [0.717, 1.165) is 47.2 Å². The average molecular weight is 485 g/mol. The van der Waals surface area contributed by atoms with Crippen molar-refractivity contribution in [2.45, 2.75) is 32.3 Å². The number of hydrogen-bond acceptors (Lipinski definition) is 7. The van der Waals surface area contributed by atoms with Gasteiger partial charge in [-0.25, -0.2) is 14.6 Å². The normalized spacial score (nSPS) is 13.1. The van der Waals surface area contributed by atoms with Gasteiger partial charge in [-0.2, -0.15) is 8.78 Å². The number of alkyl halides is 2. The molecule has 2 aromatic carbocycles. The fraction of sp³-hybridized carbons (Fsp3) is 0.292. The third-order valence-electron chi connectivity index (χ3n) is 5.28. The summed E-state index contributed by atoms with van der Waals surface area (Å²) in [5.41, 5.74) is 1.87. The first-order chi connectivity index (χ1) is 16.7. The minimum Gasteiger partial charge on any atom is -0.490 e. The molecule has 3 heterocycles. The van der Waals surface area contributed by atoms with Crippen LogP contribution in [-0.4, -0.2) is 39.6 Å². The molecular formula is C24H22F2N4O3S. The Kier molecular flexibility index (Phi) is 6.66.